The minimum atomic E-state index is -1.04. The highest BCUT2D eigenvalue weighted by Crippen LogP contribution is 2.26. The van der Waals surface area contributed by atoms with Crippen molar-refractivity contribution >= 4 is 32.1 Å². The van der Waals surface area contributed by atoms with Gasteiger partial charge in [-0.3, -0.25) is 10.1 Å². The zero-order valence-electron chi connectivity index (χ0n) is 8.31. The fraction of sp³-hybridized carbons (Fsp3) is 0.100. The van der Waals surface area contributed by atoms with Crippen LogP contribution in [-0.4, -0.2) is 16.0 Å². The molecule has 5 nitrogen and oxygen atoms in total. The van der Waals surface area contributed by atoms with Crippen LogP contribution in [0.1, 0.15) is 12.5 Å². The van der Waals surface area contributed by atoms with E-state index in [9.17, 15) is 14.9 Å². The number of hydrogen-bond donors (Lipinski definition) is 1. The van der Waals surface area contributed by atoms with Gasteiger partial charge < -0.3 is 5.11 Å². The summed E-state index contributed by atoms with van der Waals surface area (Å²) in [5.74, 6) is -1.04. The van der Waals surface area contributed by atoms with E-state index in [1.165, 1.54) is 31.2 Å². The number of carboxylic acid groups (broad SMARTS) is 1. The van der Waals surface area contributed by atoms with Gasteiger partial charge in [0, 0.05) is 22.2 Å². The van der Waals surface area contributed by atoms with Gasteiger partial charge in [-0.25, -0.2) is 4.79 Å². The molecule has 0 spiro atoms. The van der Waals surface area contributed by atoms with Crippen molar-refractivity contribution in [3.8, 4) is 0 Å². The van der Waals surface area contributed by atoms with E-state index in [-0.39, 0.29) is 11.3 Å². The molecule has 84 valence electrons. The van der Waals surface area contributed by atoms with Crippen molar-refractivity contribution in [3.63, 3.8) is 0 Å². The number of nitro benzene ring substituents is 1. The second-order valence-electron chi connectivity index (χ2n) is 3.05. The number of nitro groups is 1. The van der Waals surface area contributed by atoms with E-state index in [1.54, 1.807) is 0 Å². The molecule has 0 aromatic heterocycles. The second-order valence-corrected chi connectivity index (χ2v) is 3.84. The fourth-order valence-corrected chi connectivity index (χ4v) is 1.47. The average Bonchev–Trinajstić information content (AvgIpc) is 2.27. The third kappa shape index (κ3) is 2.66. The van der Waals surface area contributed by atoms with E-state index in [1.807, 2.05) is 0 Å². The van der Waals surface area contributed by atoms with Crippen LogP contribution in [0.5, 0.6) is 0 Å². The van der Waals surface area contributed by atoms with Crippen LogP contribution < -0.4 is 0 Å². The van der Waals surface area contributed by atoms with Gasteiger partial charge in [0.2, 0.25) is 0 Å². The lowest BCUT2D eigenvalue weighted by atomic mass is 10.1. The first kappa shape index (κ1) is 12.4. The van der Waals surface area contributed by atoms with E-state index in [4.69, 9.17) is 5.11 Å². The summed E-state index contributed by atoms with van der Waals surface area (Å²) in [6, 6.07) is 5.64. The number of hydrogen-bond acceptors (Lipinski definition) is 3. The van der Waals surface area contributed by atoms with Crippen LogP contribution in [0.4, 0.5) is 5.69 Å². The SMILES string of the molecule is C/C(C(=O)O)=C(\Br)c1ccc([N+](=O)[O-])cc1. The predicted octanol–water partition coefficient (Wildman–Crippen LogP) is 2.81. The highest BCUT2D eigenvalue weighted by atomic mass is 79.9. The Morgan fingerprint density at radius 1 is 1.38 bits per heavy atom. The fourth-order valence-electron chi connectivity index (χ4n) is 1.04. The number of halogens is 1. The number of non-ortho nitro benzene ring substituents is 1. The van der Waals surface area contributed by atoms with Gasteiger partial charge >= 0.3 is 5.97 Å². The molecule has 0 aliphatic carbocycles. The van der Waals surface area contributed by atoms with Gasteiger partial charge in [-0.15, -0.1) is 0 Å². The van der Waals surface area contributed by atoms with Crippen molar-refractivity contribution in [2.45, 2.75) is 6.92 Å². The molecular weight excluding hydrogens is 278 g/mol. The summed E-state index contributed by atoms with van der Waals surface area (Å²) in [6.45, 7) is 1.45. The maximum Gasteiger partial charge on any atom is 0.332 e. The first-order valence-electron chi connectivity index (χ1n) is 4.28. The summed E-state index contributed by atoms with van der Waals surface area (Å²) in [5, 5.41) is 19.2. The minimum absolute atomic E-state index is 0.0305. The van der Waals surface area contributed by atoms with Crippen molar-refractivity contribution < 1.29 is 14.8 Å². The molecule has 0 saturated heterocycles. The lowest BCUT2D eigenvalue weighted by molar-refractivity contribution is -0.384. The van der Waals surface area contributed by atoms with Crippen LogP contribution in [0, 0.1) is 10.1 Å². The Morgan fingerprint density at radius 3 is 2.25 bits per heavy atom. The van der Waals surface area contributed by atoms with Crippen molar-refractivity contribution in [1.82, 2.24) is 0 Å². The zero-order valence-corrected chi connectivity index (χ0v) is 9.89. The van der Waals surface area contributed by atoms with E-state index >= 15 is 0 Å². The van der Waals surface area contributed by atoms with E-state index in [0.29, 0.717) is 10.0 Å². The van der Waals surface area contributed by atoms with E-state index in [0.717, 1.165) is 0 Å². The summed E-state index contributed by atoms with van der Waals surface area (Å²) in [6.07, 6.45) is 0. The Morgan fingerprint density at radius 2 is 1.88 bits per heavy atom. The molecule has 0 bridgehead atoms. The second kappa shape index (κ2) is 4.89. The molecule has 0 aliphatic rings. The van der Waals surface area contributed by atoms with Gasteiger partial charge in [0.05, 0.1) is 4.92 Å². The largest absolute Gasteiger partial charge is 0.478 e. The maximum absolute atomic E-state index is 10.7. The molecule has 0 radical (unpaired) electrons. The van der Waals surface area contributed by atoms with Crippen LogP contribution in [0.2, 0.25) is 0 Å². The van der Waals surface area contributed by atoms with Crippen molar-refractivity contribution in [3.05, 3.63) is 45.5 Å². The quantitative estimate of drug-likeness (QED) is 0.526. The van der Waals surface area contributed by atoms with Gasteiger partial charge in [0.25, 0.3) is 5.69 Å². The Hall–Kier alpha value is -1.69. The lowest BCUT2D eigenvalue weighted by Crippen LogP contribution is -1.98. The molecule has 6 heteroatoms. The van der Waals surface area contributed by atoms with E-state index in [2.05, 4.69) is 15.9 Å². The normalized spacial score (nSPS) is 11.9. The molecule has 1 aromatic carbocycles. The molecule has 0 aliphatic heterocycles. The Balaban J connectivity index is 3.12. The summed E-state index contributed by atoms with van der Waals surface area (Å²) in [4.78, 5) is 20.6. The van der Waals surface area contributed by atoms with E-state index < -0.39 is 10.9 Å². The molecule has 1 rings (SSSR count). The summed E-state index contributed by atoms with van der Waals surface area (Å²) in [7, 11) is 0. The first-order chi connectivity index (χ1) is 7.43. The zero-order chi connectivity index (χ0) is 12.3. The third-order valence-corrected chi connectivity index (χ3v) is 3.03. The molecule has 0 heterocycles. The van der Waals surface area contributed by atoms with Crippen molar-refractivity contribution in [2.75, 3.05) is 0 Å². The summed E-state index contributed by atoms with van der Waals surface area (Å²) in [5.41, 5.74) is 0.705. The van der Waals surface area contributed by atoms with Crippen LogP contribution in [0.25, 0.3) is 4.48 Å². The third-order valence-electron chi connectivity index (χ3n) is 1.98. The van der Waals surface area contributed by atoms with Gasteiger partial charge in [0.1, 0.15) is 0 Å². The van der Waals surface area contributed by atoms with Crippen LogP contribution in [0.15, 0.2) is 29.8 Å². The Labute approximate surface area is 99.7 Å². The molecule has 0 atom stereocenters. The van der Waals surface area contributed by atoms with Crippen LogP contribution in [-0.2, 0) is 4.79 Å². The number of aliphatic carboxylic acids is 1. The number of carbonyl (C=O) groups is 1. The highest BCUT2D eigenvalue weighted by Gasteiger charge is 2.10. The topological polar surface area (TPSA) is 80.4 Å². The molecule has 0 unspecified atom stereocenters. The number of rotatable bonds is 3. The molecule has 0 amide bonds. The van der Waals surface area contributed by atoms with Crippen molar-refractivity contribution in [1.29, 1.82) is 0 Å². The molecule has 1 N–H and O–H groups in total. The molecular formula is C10H8BrNO4. The molecule has 1 aromatic rings. The lowest BCUT2D eigenvalue weighted by Gasteiger charge is -2.02. The monoisotopic (exact) mass is 285 g/mol. The first-order valence-corrected chi connectivity index (χ1v) is 5.07. The molecule has 0 fully saturated rings. The number of carboxylic acids is 1. The van der Waals surface area contributed by atoms with Gasteiger partial charge in [-0.1, -0.05) is 0 Å². The smallest absolute Gasteiger partial charge is 0.332 e. The van der Waals surface area contributed by atoms with Crippen LogP contribution in [0.3, 0.4) is 0 Å². The Kier molecular flexibility index (Phi) is 3.78. The number of benzene rings is 1. The summed E-state index contributed by atoms with van der Waals surface area (Å²) < 4.78 is 0.412. The average molecular weight is 286 g/mol. The Bertz CT molecular complexity index is 464. The standard InChI is InChI=1S/C10H8BrNO4/c1-6(10(13)14)9(11)7-2-4-8(5-3-7)12(15)16/h2-5H,1H3,(H,13,14)/b9-6+. The predicted molar refractivity (Wildman–Crippen MR) is 62.3 cm³/mol. The van der Waals surface area contributed by atoms with Gasteiger partial charge in [-0.2, -0.15) is 0 Å². The highest BCUT2D eigenvalue weighted by molar-refractivity contribution is 9.15. The van der Waals surface area contributed by atoms with Crippen LogP contribution >= 0.6 is 15.9 Å². The summed E-state index contributed by atoms with van der Waals surface area (Å²) >= 11 is 3.14. The maximum atomic E-state index is 10.7. The molecule has 0 saturated carbocycles. The van der Waals surface area contributed by atoms with Gasteiger partial charge in [-0.05, 0) is 40.5 Å². The number of nitrogens with zero attached hydrogens (tertiary/aromatic N) is 1. The van der Waals surface area contributed by atoms with Crippen molar-refractivity contribution in [2.24, 2.45) is 0 Å². The van der Waals surface area contributed by atoms with Gasteiger partial charge in [0.15, 0.2) is 0 Å². The molecule has 16 heavy (non-hydrogen) atoms. The minimum Gasteiger partial charge on any atom is -0.478 e.